The lowest BCUT2D eigenvalue weighted by Crippen LogP contribution is -2.42. The molecule has 1 saturated carbocycles. The number of aryl methyl sites for hydroxylation is 1. The van der Waals surface area contributed by atoms with E-state index in [1.807, 2.05) is 43.5 Å². The summed E-state index contributed by atoms with van der Waals surface area (Å²) in [4.78, 5) is 24.7. The minimum Gasteiger partial charge on any atom is -0.342 e. The van der Waals surface area contributed by atoms with Gasteiger partial charge in [0.1, 0.15) is 17.3 Å². The molecule has 0 saturated heterocycles. The van der Waals surface area contributed by atoms with Crippen LogP contribution in [0.1, 0.15) is 72.9 Å². The number of benzene rings is 1. The van der Waals surface area contributed by atoms with Crippen LogP contribution >= 0.6 is 0 Å². The molecule has 154 valence electrons. The molecule has 3 heterocycles. The van der Waals surface area contributed by atoms with Crippen LogP contribution in [0, 0.1) is 6.92 Å². The lowest BCUT2D eigenvalue weighted by molar-refractivity contribution is 0.0991. The van der Waals surface area contributed by atoms with Crippen LogP contribution in [0.3, 0.4) is 0 Å². The number of hydrogen-bond acceptors (Lipinski definition) is 6. The lowest BCUT2D eigenvalue weighted by Gasteiger charge is -2.41. The second-order valence-corrected chi connectivity index (χ2v) is 8.17. The van der Waals surface area contributed by atoms with E-state index in [0.29, 0.717) is 17.4 Å². The summed E-state index contributed by atoms with van der Waals surface area (Å²) in [6.45, 7) is 4.15. The molecule has 0 bridgehead atoms. The monoisotopic (exact) mass is 402 g/mol. The van der Waals surface area contributed by atoms with E-state index in [9.17, 15) is 4.79 Å². The van der Waals surface area contributed by atoms with Crippen LogP contribution in [0.15, 0.2) is 36.5 Å². The first kappa shape index (κ1) is 18.9. The third-order valence-electron chi connectivity index (χ3n) is 6.29. The Bertz CT molecular complexity index is 1070. The third kappa shape index (κ3) is 3.09. The average Bonchev–Trinajstić information content (AvgIpc) is 3.43. The van der Waals surface area contributed by atoms with Crippen molar-refractivity contribution in [2.24, 2.45) is 0 Å². The van der Waals surface area contributed by atoms with Gasteiger partial charge in [-0.15, -0.1) is 10.2 Å². The smallest absolute Gasteiger partial charge is 0.170 e. The number of carbonyl (C=O) groups is 1. The summed E-state index contributed by atoms with van der Waals surface area (Å²) in [5, 5.41) is 8.84. The first-order valence-electron chi connectivity index (χ1n) is 10.8. The van der Waals surface area contributed by atoms with Crippen LogP contribution in [0.25, 0.3) is 5.69 Å². The number of nitrogens with zero attached hydrogens (tertiary/aromatic N) is 6. The molecule has 0 N–H and O–H groups in total. The second kappa shape index (κ2) is 7.63. The van der Waals surface area contributed by atoms with Gasteiger partial charge in [0.2, 0.25) is 0 Å². The van der Waals surface area contributed by atoms with E-state index in [4.69, 9.17) is 4.98 Å². The molecule has 0 radical (unpaired) electrons. The van der Waals surface area contributed by atoms with Gasteiger partial charge in [0.25, 0.3) is 0 Å². The van der Waals surface area contributed by atoms with Gasteiger partial charge in [-0.3, -0.25) is 9.36 Å². The number of ketones is 1. The Kier molecular flexibility index (Phi) is 4.81. The topological polar surface area (TPSA) is 76.8 Å². The molecule has 5 rings (SSSR count). The van der Waals surface area contributed by atoms with Gasteiger partial charge in [-0.2, -0.15) is 0 Å². The fourth-order valence-corrected chi connectivity index (χ4v) is 4.86. The maximum absolute atomic E-state index is 12.7. The first-order chi connectivity index (χ1) is 14.7. The van der Waals surface area contributed by atoms with Crippen molar-refractivity contribution >= 4 is 11.6 Å². The van der Waals surface area contributed by atoms with Gasteiger partial charge in [0.15, 0.2) is 17.4 Å². The third-order valence-corrected chi connectivity index (χ3v) is 6.29. The first-order valence-corrected chi connectivity index (χ1v) is 10.8. The number of carbonyl (C=O) groups excluding carboxylic acids is 1. The summed E-state index contributed by atoms with van der Waals surface area (Å²) >= 11 is 0. The van der Waals surface area contributed by atoms with Gasteiger partial charge in [0, 0.05) is 11.6 Å². The zero-order valence-corrected chi connectivity index (χ0v) is 17.5. The molecular weight excluding hydrogens is 376 g/mol. The van der Waals surface area contributed by atoms with Gasteiger partial charge in [0.05, 0.1) is 18.7 Å². The molecule has 0 amide bonds. The number of hydrogen-bond donors (Lipinski definition) is 0. The van der Waals surface area contributed by atoms with Crippen LogP contribution < -0.4 is 4.90 Å². The Balaban J connectivity index is 1.57. The summed E-state index contributed by atoms with van der Waals surface area (Å²) in [5.74, 6) is 3.32. The molecule has 7 heteroatoms. The van der Waals surface area contributed by atoms with Gasteiger partial charge < -0.3 is 4.90 Å². The Hall–Kier alpha value is -3.09. The molecule has 1 atom stereocenters. The molecule has 1 fully saturated rings. The number of Topliss-reactive ketones (excluding diaryl/α,β-unsaturated/α-hetero) is 1. The van der Waals surface area contributed by atoms with Crippen LogP contribution in [-0.2, 0) is 6.42 Å². The van der Waals surface area contributed by atoms with E-state index in [0.717, 1.165) is 42.4 Å². The fourth-order valence-electron chi connectivity index (χ4n) is 4.86. The van der Waals surface area contributed by atoms with E-state index in [-0.39, 0.29) is 18.2 Å². The molecule has 1 aliphatic heterocycles. The van der Waals surface area contributed by atoms with Crippen molar-refractivity contribution in [3.63, 3.8) is 0 Å². The highest BCUT2D eigenvalue weighted by molar-refractivity contribution is 5.97. The zero-order chi connectivity index (χ0) is 20.7. The Morgan fingerprint density at radius 3 is 2.63 bits per heavy atom. The Morgan fingerprint density at radius 1 is 1.13 bits per heavy atom. The van der Waals surface area contributed by atoms with E-state index < -0.39 is 0 Å². The van der Waals surface area contributed by atoms with E-state index >= 15 is 0 Å². The van der Waals surface area contributed by atoms with Crippen LogP contribution in [-0.4, -0.2) is 36.6 Å². The highest BCUT2D eigenvalue weighted by Gasteiger charge is 2.39. The minimum atomic E-state index is 0.0342. The zero-order valence-electron chi connectivity index (χ0n) is 17.5. The van der Waals surface area contributed by atoms with Gasteiger partial charge >= 0.3 is 0 Å². The van der Waals surface area contributed by atoms with Crippen molar-refractivity contribution in [2.75, 3.05) is 4.90 Å². The lowest BCUT2D eigenvalue weighted by atomic mass is 10.0. The normalized spacial score (nSPS) is 18.3. The molecule has 1 aromatic carbocycles. The van der Waals surface area contributed by atoms with Gasteiger partial charge in [-0.05, 0) is 26.2 Å². The number of anilines is 1. The predicted octanol–water partition coefficient (Wildman–Crippen LogP) is 4.00. The molecule has 2 aliphatic rings. The standard InChI is InChI=1S/C23H26N6O/c1-3-18-23-27-26-15(2)28(23)19-14-24-21(13-20(30)16-9-5-4-6-10-16)25-22(19)29(18)17-11-7-8-12-17/h4-6,9-10,14,17-18H,3,7-8,11-13H2,1-2H3. The van der Waals surface area contributed by atoms with Crippen molar-refractivity contribution in [3.8, 4) is 5.69 Å². The molecule has 2 aromatic heterocycles. The molecular formula is C23H26N6O. The molecule has 7 nitrogen and oxygen atoms in total. The molecule has 1 unspecified atom stereocenters. The second-order valence-electron chi connectivity index (χ2n) is 8.17. The van der Waals surface area contributed by atoms with Crippen molar-refractivity contribution in [1.82, 2.24) is 24.7 Å². The van der Waals surface area contributed by atoms with Crippen LogP contribution in [0.4, 0.5) is 5.82 Å². The van der Waals surface area contributed by atoms with Gasteiger partial charge in [-0.25, -0.2) is 9.97 Å². The highest BCUT2D eigenvalue weighted by Crippen LogP contribution is 2.43. The minimum absolute atomic E-state index is 0.0342. The SMILES string of the molecule is CCC1c2nnc(C)n2-c2cnc(CC(=O)c3ccccc3)nc2N1C1CCCC1. The van der Waals surface area contributed by atoms with Crippen LogP contribution in [0.2, 0.25) is 0 Å². The number of fused-ring (bicyclic) bond motifs is 3. The maximum Gasteiger partial charge on any atom is 0.170 e. The summed E-state index contributed by atoms with van der Waals surface area (Å²) in [7, 11) is 0. The molecule has 3 aromatic rings. The summed E-state index contributed by atoms with van der Waals surface area (Å²) in [6, 6.07) is 9.92. The van der Waals surface area contributed by atoms with Crippen molar-refractivity contribution in [1.29, 1.82) is 0 Å². The predicted molar refractivity (Wildman–Crippen MR) is 114 cm³/mol. The Labute approximate surface area is 176 Å². The fraction of sp³-hybridized carbons (Fsp3) is 0.435. The summed E-state index contributed by atoms with van der Waals surface area (Å²) < 4.78 is 2.08. The molecule has 30 heavy (non-hydrogen) atoms. The average molecular weight is 403 g/mol. The molecule has 0 spiro atoms. The van der Waals surface area contributed by atoms with Gasteiger partial charge in [-0.1, -0.05) is 50.1 Å². The quantitative estimate of drug-likeness (QED) is 0.600. The number of aromatic nitrogens is 5. The molecule has 1 aliphatic carbocycles. The Morgan fingerprint density at radius 2 is 1.90 bits per heavy atom. The van der Waals surface area contributed by atoms with Crippen molar-refractivity contribution in [2.45, 2.75) is 64.5 Å². The number of rotatable bonds is 5. The van der Waals surface area contributed by atoms with Crippen LogP contribution in [0.5, 0.6) is 0 Å². The van der Waals surface area contributed by atoms with E-state index in [2.05, 4.69) is 31.6 Å². The van der Waals surface area contributed by atoms with Crippen molar-refractivity contribution < 1.29 is 4.79 Å². The van der Waals surface area contributed by atoms with E-state index in [1.165, 1.54) is 12.8 Å². The summed E-state index contributed by atoms with van der Waals surface area (Å²) in [5.41, 5.74) is 1.61. The maximum atomic E-state index is 12.7. The largest absolute Gasteiger partial charge is 0.342 e. The summed E-state index contributed by atoms with van der Waals surface area (Å²) in [6.07, 6.45) is 7.75. The highest BCUT2D eigenvalue weighted by atomic mass is 16.1. The van der Waals surface area contributed by atoms with E-state index in [1.54, 1.807) is 0 Å². The van der Waals surface area contributed by atoms with Crippen molar-refractivity contribution in [3.05, 3.63) is 59.6 Å².